The van der Waals surface area contributed by atoms with Crippen molar-refractivity contribution in [3.05, 3.63) is 11.0 Å². The average Bonchev–Trinajstić information content (AvgIpc) is 2.09. The minimum atomic E-state index is -3.19. The predicted molar refractivity (Wildman–Crippen MR) is 66.3 cm³/mol. The molecule has 0 aliphatic carbocycles. The second-order valence-corrected chi connectivity index (χ2v) is 7.46. The molecular formula is C11H22N2O2S. The van der Waals surface area contributed by atoms with Crippen LogP contribution in [0.15, 0.2) is 11.0 Å². The zero-order valence-corrected chi connectivity index (χ0v) is 11.3. The van der Waals surface area contributed by atoms with Gasteiger partial charge in [0.2, 0.25) is 10.0 Å². The van der Waals surface area contributed by atoms with Crippen molar-refractivity contribution in [2.75, 3.05) is 13.6 Å². The summed E-state index contributed by atoms with van der Waals surface area (Å²) in [5.41, 5.74) is 7.01. The maximum atomic E-state index is 11.6. The van der Waals surface area contributed by atoms with Crippen LogP contribution in [0, 0.1) is 5.41 Å². The molecule has 1 aliphatic rings. The largest absolute Gasteiger partial charge is 0.327 e. The molecule has 16 heavy (non-hydrogen) atoms. The SMILES string of the molecule is CN1CCC(C[C@@H](N)C(C)(C)C)=CS1(=O)=O. The first-order valence-corrected chi connectivity index (χ1v) is 7.04. The summed E-state index contributed by atoms with van der Waals surface area (Å²) in [6.07, 6.45) is 1.45. The van der Waals surface area contributed by atoms with Crippen molar-refractivity contribution in [2.24, 2.45) is 11.1 Å². The summed E-state index contributed by atoms with van der Waals surface area (Å²) in [7, 11) is -1.58. The molecule has 1 aliphatic heterocycles. The fourth-order valence-electron chi connectivity index (χ4n) is 1.53. The van der Waals surface area contributed by atoms with Gasteiger partial charge in [-0.05, 0) is 18.3 Å². The highest BCUT2D eigenvalue weighted by atomic mass is 32.2. The Bertz CT molecular complexity index is 379. The van der Waals surface area contributed by atoms with Crippen LogP contribution in [0.1, 0.15) is 33.6 Å². The first kappa shape index (κ1) is 13.7. The maximum Gasteiger partial charge on any atom is 0.235 e. The lowest BCUT2D eigenvalue weighted by atomic mass is 9.83. The number of hydrogen-bond donors (Lipinski definition) is 1. The smallest absolute Gasteiger partial charge is 0.235 e. The van der Waals surface area contributed by atoms with Crippen molar-refractivity contribution in [1.29, 1.82) is 0 Å². The molecule has 0 amide bonds. The van der Waals surface area contributed by atoms with Gasteiger partial charge in [0.25, 0.3) is 0 Å². The van der Waals surface area contributed by atoms with Crippen molar-refractivity contribution in [2.45, 2.75) is 39.7 Å². The minimum absolute atomic E-state index is 0.00245. The van der Waals surface area contributed by atoms with E-state index in [2.05, 4.69) is 20.8 Å². The third-order valence-corrected chi connectivity index (χ3v) is 4.77. The molecule has 4 nitrogen and oxygen atoms in total. The summed E-state index contributed by atoms with van der Waals surface area (Å²) >= 11 is 0. The fraction of sp³-hybridized carbons (Fsp3) is 0.818. The summed E-state index contributed by atoms with van der Waals surface area (Å²) < 4.78 is 24.6. The highest BCUT2D eigenvalue weighted by molar-refractivity contribution is 7.92. The van der Waals surface area contributed by atoms with E-state index in [1.165, 1.54) is 9.71 Å². The average molecular weight is 246 g/mol. The van der Waals surface area contributed by atoms with Crippen molar-refractivity contribution in [3.8, 4) is 0 Å². The molecule has 0 unspecified atom stereocenters. The van der Waals surface area contributed by atoms with Crippen LogP contribution in [-0.2, 0) is 10.0 Å². The van der Waals surface area contributed by atoms with Gasteiger partial charge in [0.05, 0.1) is 0 Å². The van der Waals surface area contributed by atoms with Gasteiger partial charge >= 0.3 is 0 Å². The highest BCUT2D eigenvalue weighted by Gasteiger charge is 2.26. The third-order valence-electron chi connectivity index (χ3n) is 3.09. The van der Waals surface area contributed by atoms with E-state index in [-0.39, 0.29) is 11.5 Å². The van der Waals surface area contributed by atoms with E-state index < -0.39 is 10.0 Å². The van der Waals surface area contributed by atoms with Crippen LogP contribution in [0.3, 0.4) is 0 Å². The van der Waals surface area contributed by atoms with Crippen molar-refractivity contribution < 1.29 is 8.42 Å². The Morgan fingerprint density at radius 1 is 1.50 bits per heavy atom. The molecule has 5 heteroatoms. The second-order valence-electron chi connectivity index (χ2n) is 5.57. The zero-order valence-electron chi connectivity index (χ0n) is 10.5. The first-order valence-electron chi connectivity index (χ1n) is 5.54. The van der Waals surface area contributed by atoms with Crippen LogP contribution in [0.25, 0.3) is 0 Å². The molecule has 0 saturated carbocycles. The molecule has 0 bridgehead atoms. The van der Waals surface area contributed by atoms with E-state index in [1.54, 1.807) is 7.05 Å². The molecule has 94 valence electrons. The molecule has 0 fully saturated rings. The fourth-order valence-corrected chi connectivity index (χ4v) is 2.69. The Morgan fingerprint density at radius 2 is 2.06 bits per heavy atom. The molecule has 1 atom stereocenters. The number of nitrogens with zero attached hydrogens (tertiary/aromatic N) is 1. The number of sulfonamides is 1. The Hall–Kier alpha value is -0.390. The number of nitrogens with two attached hydrogens (primary N) is 1. The topological polar surface area (TPSA) is 63.4 Å². The van der Waals surface area contributed by atoms with Gasteiger partial charge in [-0.1, -0.05) is 26.3 Å². The molecule has 1 heterocycles. The van der Waals surface area contributed by atoms with Crippen LogP contribution in [0.2, 0.25) is 0 Å². The van der Waals surface area contributed by atoms with Gasteiger partial charge in [-0.2, -0.15) is 0 Å². The van der Waals surface area contributed by atoms with E-state index in [1.807, 2.05) is 0 Å². The van der Waals surface area contributed by atoms with Gasteiger partial charge in [-0.25, -0.2) is 12.7 Å². The van der Waals surface area contributed by atoms with E-state index in [9.17, 15) is 8.42 Å². The first-order chi connectivity index (χ1) is 7.13. The summed E-state index contributed by atoms with van der Waals surface area (Å²) in [6, 6.07) is -0.00245. The second kappa shape index (κ2) is 4.47. The molecule has 2 N–H and O–H groups in total. The van der Waals surface area contributed by atoms with E-state index in [4.69, 9.17) is 5.73 Å². The lowest BCUT2D eigenvalue weighted by Crippen LogP contribution is -2.37. The van der Waals surface area contributed by atoms with Gasteiger partial charge in [-0.3, -0.25) is 0 Å². The van der Waals surface area contributed by atoms with Crippen LogP contribution in [-0.4, -0.2) is 32.4 Å². The Labute approximate surface area is 98.6 Å². The normalized spacial score (nSPS) is 23.9. The van der Waals surface area contributed by atoms with Gasteiger partial charge < -0.3 is 5.73 Å². The highest BCUT2D eigenvalue weighted by Crippen LogP contribution is 2.26. The Morgan fingerprint density at radius 3 is 2.50 bits per heavy atom. The predicted octanol–water partition coefficient (Wildman–Crippen LogP) is 1.30. The summed E-state index contributed by atoms with van der Waals surface area (Å²) in [6.45, 7) is 6.77. The number of hydrogen-bond acceptors (Lipinski definition) is 3. The molecule has 0 saturated heterocycles. The summed E-state index contributed by atoms with van der Waals surface area (Å²) in [5.74, 6) is 0. The van der Waals surface area contributed by atoms with E-state index in [0.717, 1.165) is 12.0 Å². The maximum absolute atomic E-state index is 11.6. The standard InChI is InChI=1S/C11H22N2O2S/c1-11(2,3)10(12)7-9-5-6-13(4)16(14,15)8-9/h8,10H,5-7,12H2,1-4H3/t10-/m1/s1. The lowest BCUT2D eigenvalue weighted by Gasteiger charge is -2.30. The van der Waals surface area contributed by atoms with Gasteiger partial charge in [0, 0.05) is 25.0 Å². The monoisotopic (exact) mass is 246 g/mol. The van der Waals surface area contributed by atoms with Crippen molar-refractivity contribution in [1.82, 2.24) is 4.31 Å². The zero-order chi connectivity index (χ0) is 12.6. The molecule has 1 rings (SSSR count). The summed E-state index contributed by atoms with van der Waals surface area (Å²) in [5, 5.41) is 1.38. The quantitative estimate of drug-likeness (QED) is 0.798. The molecule has 0 aromatic heterocycles. The van der Waals surface area contributed by atoms with Gasteiger partial charge in [0.15, 0.2) is 0 Å². The lowest BCUT2D eigenvalue weighted by molar-refractivity contribution is 0.314. The van der Waals surface area contributed by atoms with Gasteiger partial charge in [-0.15, -0.1) is 0 Å². The number of rotatable bonds is 2. The van der Waals surface area contributed by atoms with Crippen LogP contribution >= 0.6 is 0 Å². The molecular weight excluding hydrogens is 224 g/mol. The van der Waals surface area contributed by atoms with Gasteiger partial charge in [0.1, 0.15) is 0 Å². The van der Waals surface area contributed by atoms with E-state index >= 15 is 0 Å². The Kier molecular flexibility index (Phi) is 3.82. The van der Waals surface area contributed by atoms with Crippen molar-refractivity contribution in [3.63, 3.8) is 0 Å². The molecule has 0 spiro atoms. The van der Waals surface area contributed by atoms with Crippen LogP contribution < -0.4 is 5.73 Å². The molecule has 0 aromatic rings. The van der Waals surface area contributed by atoms with Crippen molar-refractivity contribution >= 4 is 10.0 Å². The molecule has 0 radical (unpaired) electrons. The Balaban J connectivity index is 2.78. The van der Waals surface area contributed by atoms with E-state index in [0.29, 0.717) is 13.0 Å². The molecule has 0 aromatic carbocycles. The third kappa shape index (κ3) is 3.30. The van der Waals surface area contributed by atoms with Crippen LogP contribution in [0.5, 0.6) is 0 Å². The minimum Gasteiger partial charge on any atom is -0.327 e. The summed E-state index contributed by atoms with van der Waals surface area (Å²) in [4.78, 5) is 0. The van der Waals surface area contributed by atoms with Crippen LogP contribution in [0.4, 0.5) is 0 Å².